The zero-order valence-electron chi connectivity index (χ0n) is 18.9. The summed E-state index contributed by atoms with van der Waals surface area (Å²) in [5.74, 6) is 0.434. The van der Waals surface area contributed by atoms with Crippen LogP contribution in [0.25, 0.3) is 0 Å². The van der Waals surface area contributed by atoms with Crippen LogP contribution in [0.1, 0.15) is 49.3 Å². The van der Waals surface area contributed by atoms with Crippen LogP contribution < -0.4 is 10.1 Å². The molecule has 0 spiro atoms. The summed E-state index contributed by atoms with van der Waals surface area (Å²) in [6.45, 7) is 8.13. The van der Waals surface area contributed by atoms with E-state index in [0.717, 1.165) is 11.3 Å². The van der Waals surface area contributed by atoms with Crippen LogP contribution >= 0.6 is 0 Å². The smallest absolute Gasteiger partial charge is 0.444 e. The topological polar surface area (TPSA) is 112 Å². The van der Waals surface area contributed by atoms with E-state index >= 15 is 0 Å². The number of aromatic nitrogens is 2. The molecular formula is C22H28N4O6. The van der Waals surface area contributed by atoms with Gasteiger partial charge in [0, 0.05) is 31.1 Å². The maximum atomic E-state index is 12.8. The fourth-order valence-corrected chi connectivity index (χ4v) is 3.24. The number of aryl methyl sites for hydroxylation is 1. The predicted molar refractivity (Wildman–Crippen MR) is 116 cm³/mol. The molecule has 172 valence electrons. The van der Waals surface area contributed by atoms with E-state index in [1.54, 1.807) is 35.7 Å². The van der Waals surface area contributed by atoms with E-state index in [-0.39, 0.29) is 18.3 Å². The van der Waals surface area contributed by atoms with E-state index in [0.29, 0.717) is 30.9 Å². The average Bonchev–Trinajstić information content (AvgIpc) is 3.02. The van der Waals surface area contributed by atoms with Gasteiger partial charge < -0.3 is 24.4 Å². The minimum absolute atomic E-state index is 0.208. The lowest BCUT2D eigenvalue weighted by atomic mass is 10.1. The number of anilines is 1. The molecule has 10 nitrogen and oxygen atoms in total. The zero-order chi connectivity index (χ0) is 23.5. The van der Waals surface area contributed by atoms with Gasteiger partial charge in [-0.2, -0.15) is 5.10 Å². The standard InChI is InChI=1S/C22H28N4O6/c1-6-30-21(29)31-15-9-7-14(8-10-15)19(27)23-18-16-13-26(20(28)32-22(2,3)4)12-11-17(16)24-25(18)5/h7-10H,6,11-13H2,1-5H3,(H,23,27). The molecule has 1 N–H and O–H groups in total. The monoisotopic (exact) mass is 444 g/mol. The molecule has 1 aliphatic heterocycles. The molecule has 1 aromatic carbocycles. The molecule has 0 saturated heterocycles. The largest absolute Gasteiger partial charge is 0.513 e. The van der Waals surface area contributed by atoms with Crippen LogP contribution in [0.5, 0.6) is 5.75 Å². The molecular weight excluding hydrogens is 416 g/mol. The van der Waals surface area contributed by atoms with Crippen molar-refractivity contribution in [3.8, 4) is 5.75 Å². The van der Waals surface area contributed by atoms with E-state index in [4.69, 9.17) is 14.2 Å². The Labute approximate surface area is 186 Å². The van der Waals surface area contributed by atoms with Crippen molar-refractivity contribution in [3.05, 3.63) is 41.1 Å². The molecule has 0 fully saturated rings. The second-order valence-electron chi connectivity index (χ2n) is 8.31. The first-order valence-electron chi connectivity index (χ1n) is 10.4. The number of fused-ring (bicyclic) bond motifs is 1. The van der Waals surface area contributed by atoms with E-state index in [9.17, 15) is 14.4 Å². The maximum Gasteiger partial charge on any atom is 0.513 e. The fraction of sp³-hybridized carbons (Fsp3) is 0.455. The van der Waals surface area contributed by atoms with Gasteiger partial charge in [-0.1, -0.05) is 0 Å². The van der Waals surface area contributed by atoms with Crippen molar-refractivity contribution in [3.63, 3.8) is 0 Å². The highest BCUT2D eigenvalue weighted by Crippen LogP contribution is 2.27. The quantitative estimate of drug-likeness (QED) is 0.567. The Hall–Kier alpha value is -3.56. The molecule has 0 aliphatic carbocycles. The van der Waals surface area contributed by atoms with Crippen LogP contribution in [0.3, 0.4) is 0 Å². The van der Waals surface area contributed by atoms with Gasteiger partial charge in [-0.25, -0.2) is 9.59 Å². The molecule has 2 aromatic rings. The third kappa shape index (κ3) is 5.57. The van der Waals surface area contributed by atoms with Gasteiger partial charge in [-0.15, -0.1) is 0 Å². The van der Waals surface area contributed by atoms with Gasteiger partial charge in [-0.3, -0.25) is 9.48 Å². The van der Waals surface area contributed by atoms with Crippen LogP contribution in [0, 0.1) is 0 Å². The molecule has 2 amide bonds. The second-order valence-corrected chi connectivity index (χ2v) is 8.31. The van der Waals surface area contributed by atoms with Crippen LogP contribution in [-0.4, -0.2) is 51.6 Å². The lowest BCUT2D eigenvalue weighted by Gasteiger charge is -2.29. The highest BCUT2D eigenvalue weighted by Gasteiger charge is 2.30. The van der Waals surface area contributed by atoms with Gasteiger partial charge in [0.05, 0.1) is 18.8 Å². The predicted octanol–water partition coefficient (Wildman–Crippen LogP) is 3.50. The molecule has 10 heteroatoms. The molecule has 0 radical (unpaired) electrons. The van der Waals surface area contributed by atoms with E-state index in [2.05, 4.69) is 10.4 Å². The highest BCUT2D eigenvalue weighted by molar-refractivity contribution is 6.04. The summed E-state index contributed by atoms with van der Waals surface area (Å²) in [5, 5.41) is 7.36. The van der Waals surface area contributed by atoms with Crippen molar-refractivity contribution in [2.75, 3.05) is 18.5 Å². The number of rotatable bonds is 4. The van der Waals surface area contributed by atoms with Crippen molar-refractivity contribution in [1.82, 2.24) is 14.7 Å². The van der Waals surface area contributed by atoms with E-state index in [1.807, 2.05) is 20.8 Å². The minimum Gasteiger partial charge on any atom is -0.444 e. The van der Waals surface area contributed by atoms with Crippen molar-refractivity contribution in [2.45, 2.75) is 46.3 Å². The number of ether oxygens (including phenoxy) is 3. The zero-order valence-corrected chi connectivity index (χ0v) is 18.9. The molecule has 32 heavy (non-hydrogen) atoms. The van der Waals surface area contributed by atoms with Gasteiger partial charge in [0.2, 0.25) is 0 Å². The molecule has 1 aromatic heterocycles. The maximum absolute atomic E-state index is 12.8. The summed E-state index contributed by atoms with van der Waals surface area (Å²) in [4.78, 5) is 38.3. The Kier molecular flexibility index (Phi) is 6.71. The van der Waals surface area contributed by atoms with Crippen LogP contribution in [0.15, 0.2) is 24.3 Å². The third-order valence-electron chi connectivity index (χ3n) is 4.66. The number of carbonyl (C=O) groups excluding carboxylic acids is 3. The summed E-state index contributed by atoms with van der Waals surface area (Å²) in [6, 6.07) is 6.10. The summed E-state index contributed by atoms with van der Waals surface area (Å²) < 4.78 is 16.8. The van der Waals surface area contributed by atoms with Gasteiger partial charge >= 0.3 is 12.2 Å². The fourth-order valence-electron chi connectivity index (χ4n) is 3.24. The highest BCUT2D eigenvalue weighted by atomic mass is 16.7. The Balaban J connectivity index is 1.71. The summed E-state index contributed by atoms with van der Waals surface area (Å²) >= 11 is 0. The van der Waals surface area contributed by atoms with Crippen molar-refractivity contribution < 1.29 is 28.6 Å². The average molecular weight is 444 g/mol. The number of benzene rings is 1. The molecule has 1 aliphatic rings. The molecule has 3 rings (SSSR count). The summed E-state index contributed by atoms with van der Waals surface area (Å²) in [5.41, 5.74) is 1.39. The van der Waals surface area contributed by atoms with Crippen molar-refractivity contribution in [1.29, 1.82) is 0 Å². The third-order valence-corrected chi connectivity index (χ3v) is 4.66. The number of nitrogens with zero attached hydrogens (tertiary/aromatic N) is 3. The number of nitrogens with one attached hydrogen (secondary N) is 1. The van der Waals surface area contributed by atoms with Crippen molar-refractivity contribution >= 4 is 24.0 Å². The van der Waals surface area contributed by atoms with Gasteiger partial charge in [0.15, 0.2) is 0 Å². The molecule has 2 heterocycles. The SMILES string of the molecule is CCOC(=O)Oc1ccc(C(=O)Nc2c3c(nn2C)CCN(C(=O)OC(C)(C)C)C3)cc1. The van der Waals surface area contributed by atoms with E-state index < -0.39 is 17.8 Å². The molecule has 0 saturated carbocycles. The number of hydrogen-bond acceptors (Lipinski definition) is 7. The van der Waals surface area contributed by atoms with Crippen LogP contribution in [-0.2, 0) is 29.5 Å². The molecule has 0 atom stereocenters. The Morgan fingerprint density at radius 3 is 2.47 bits per heavy atom. The summed E-state index contributed by atoms with van der Waals surface area (Å²) in [7, 11) is 1.74. The lowest BCUT2D eigenvalue weighted by molar-refractivity contribution is 0.0224. The molecule has 0 bridgehead atoms. The second kappa shape index (κ2) is 9.29. The van der Waals surface area contributed by atoms with Crippen LogP contribution in [0.4, 0.5) is 15.4 Å². The first-order chi connectivity index (χ1) is 15.1. The number of amides is 2. The number of carbonyl (C=O) groups is 3. The van der Waals surface area contributed by atoms with Crippen molar-refractivity contribution in [2.24, 2.45) is 7.05 Å². The number of hydrogen-bond donors (Lipinski definition) is 1. The van der Waals surface area contributed by atoms with Crippen LogP contribution in [0.2, 0.25) is 0 Å². The summed E-state index contributed by atoms with van der Waals surface area (Å²) in [6.07, 6.45) is -0.639. The van der Waals surface area contributed by atoms with Gasteiger partial charge in [0.1, 0.15) is 17.2 Å². The Morgan fingerprint density at radius 1 is 1.16 bits per heavy atom. The Morgan fingerprint density at radius 2 is 1.84 bits per heavy atom. The van der Waals surface area contributed by atoms with Gasteiger partial charge in [-0.05, 0) is 52.0 Å². The van der Waals surface area contributed by atoms with Gasteiger partial charge in [0.25, 0.3) is 5.91 Å². The normalized spacial score (nSPS) is 13.2. The minimum atomic E-state index is -0.805. The lowest BCUT2D eigenvalue weighted by Crippen LogP contribution is -2.40. The first kappa shape index (κ1) is 23.1. The van der Waals surface area contributed by atoms with E-state index in [1.165, 1.54) is 12.1 Å². The Bertz CT molecular complexity index is 1010. The molecule has 0 unspecified atom stereocenters. The first-order valence-corrected chi connectivity index (χ1v) is 10.4.